The summed E-state index contributed by atoms with van der Waals surface area (Å²) in [6, 6.07) is 12.5. The maximum absolute atomic E-state index is 12.6. The number of rotatable bonds is 8. The molecule has 0 saturated carbocycles. The van der Waals surface area contributed by atoms with Crippen molar-refractivity contribution >= 4 is 23.3 Å². The number of nitrogens with zero attached hydrogens (tertiary/aromatic N) is 1. The molecule has 156 valence electrons. The second-order valence-electron chi connectivity index (χ2n) is 7.08. The second kappa shape index (κ2) is 10.8. The van der Waals surface area contributed by atoms with Crippen molar-refractivity contribution in [1.82, 2.24) is 0 Å². The Hall–Kier alpha value is -3.59. The van der Waals surface area contributed by atoms with E-state index in [1.54, 1.807) is 24.3 Å². The second-order valence-corrected chi connectivity index (χ2v) is 7.08. The molecule has 0 saturated heterocycles. The number of carbonyl (C=O) groups excluding carboxylic acids is 2. The van der Waals surface area contributed by atoms with Crippen molar-refractivity contribution in [1.29, 1.82) is 5.26 Å². The highest BCUT2D eigenvalue weighted by atomic mass is 16.5. The summed E-state index contributed by atoms with van der Waals surface area (Å²) in [6.45, 7) is 8.26. The number of nitriles is 1. The van der Waals surface area contributed by atoms with Gasteiger partial charge >= 0.3 is 5.97 Å². The fourth-order valence-corrected chi connectivity index (χ4v) is 3.05. The van der Waals surface area contributed by atoms with Gasteiger partial charge in [0.2, 0.25) is 0 Å². The number of esters is 1. The van der Waals surface area contributed by atoms with Crippen molar-refractivity contribution in [2.24, 2.45) is 0 Å². The monoisotopic (exact) mass is 405 g/mol. The van der Waals surface area contributed by atoms with Crippen LogP contribution in [0.1, 0.15) is 46.8 Å². The molecular formula is C24H27N3O3. The Morgan fingerprint density at radius 2 is 1.80 bits per heavy atom. The third kappa shape index (κ3) is 5.95. The summed E-state index contributed by atoms with van der Waals surface area (Å²) in [4.78, 5) is 24.9. The molecule has 0 aromatic heterocycles. The van der Waals surface area contributed by atoms with Crippen LogP contribution in [0.5, 0.6) is 0 Å². The Balaban J connectivity index is 2.17. The van der Waals surface area contributed by atoms with Gasteiger partial charge in [0.1, 0.15) is 11.6 Å². The van der Waals surface area contributed by atoms with Crippen molar-refractivity contribution in [2.45, 2.75) is 40.5 Å². The molecule has 2 rings (SSSR count). The van der Waals surface area contributed by atoms with Crippen LogP contribution in [0, 0.1) is 32.1 Å². The minimum Gasteiger partial charge on any atom is -0.462 e. The largest absolute Gasteiger partial charge is 0.462 e. The zero-order valence-electron chi connectivity index (χ0n) is 17.8. The molecule has 0 aliphatic rings. The Morgan fingerprint density at radius 1 is 1.13 bits per heavy atom. The molecule has 0 bridgehead atoms. The number of amides is 1. The average Bonchev–Trinajstić information content (AvgIpc) is 2.70. The number of hydrogen-bond donors (Lipinski definition) is 2. The van der Waals surface area contributed by atoms with Crippen LogP contribution in [0.2, 0.25) is 0 Å². The molecule has 30 heavy (non-hydrogen) atoms. The lowest BCUT2D eigenvalue weighted by Gasteiger charge is -2.12. The van der Waals surface area contributed by atoms with Gasteiger partial charge in [-0.2, -0.15) is 5.26 Å². The Morgan fingerprint density at radius 3 is 2.43 bits per heavy atom. The molecule has 0 spiro atoms. The van der Waals surface area contributed by atoms with E-state index in [0.29, 0.717) is 12.3 Å². The molecule has 2 N–H and O–H groups in total. The van der Waals surface area contributed by atoms with Gasteiger partial charge in [0, 0.05) is 11.9 Å². The Kier molecular flexibility index (Phi) is 8.18. The Bertz CT molecular complexity index is 980. The number of carbonyl (C=O) groups is 2. The lowest BCUT2D eigenvalue weighted by molar-refractivity contribution is -0.112. The summed E-state index contributed by atoms with van der Waals surface area (Å²) in [5.74, 6) is -1.12. The normalized spacial score (nSPS) is 10.8. The highest BCUT2D eigenvalue weighted by Gasteiger charge is 2.16. The lowest BCUT2D eigenvalue weighted by atomic mass is 10.1. The number of ether oxygens (including phenoxy) is 1. The molecule has 0 aliphatic heterocycles. The number of nitrogens with one attached hydrogen (secondary N) is 2. The van der Waals surface area contributed by atoms with Gasteiger partial charge in [0.25, 0.3) is 5.91 Å². The van der Waals surface area contributed by atoms with Crippen molar-refractivity contribution in [3.8, 4) is 6.07 Å². The SMILES string of the molecule is CCCCOC(=O)c1ccccc1NC(=O)/C(C#N)=C\Nc1c(C)cc(C)cc1C. The summed E-state index contributed by atoms with van der Waals surface area (Å²) in [5, 5.41) is 15.1. The van der Waals surface area contributed by atoms with E-state index < -0.39 is 11.9 Å². The first-order chi connectivity index (χ1) is 14.4. The van der Waals surface area contributed by atoms with Gasteiger partial charge in [-0.1, -0.05) is 43.2 Å². The van der Waals surface area contributed by atoms with Crippen LogP contribution in [0.4, 0.5) is 11.4 Å². The summed E-state index contributed by atoms with van der Waals surface area (Å²) in [6.07, 6.45) is 3.06. The van der Waals surface area contributed by atoms with Crippen LogP contribution in [-0.2, 0) is 9.53 Å². The highest BCUT2D eigenvalue weighted by molar-refractivity contribution is 6.09. The predicted molar refractivity (Wildman–Crippen MR) is 118 cm³/mol. The topological polar surface area (TPSA) is 91.2 Å². The number of para-hydroxylation sites is 1. The van der Waals surface area contributed by atoms with Crippen LogP contribution in [0.3, 0.4) is 0 Å². The van der Waals surface area contributed by atoms with E-state index in [4.69, 9.17) is 4.74 Å². The first-order valence-electron chi connectivity index (χ1n) is 9.89. The van der Waals surface area contributed by atoms with E-state index in [1.165, 1.54) is 6.20 Å². The first kappa shape index (κ1) is 22.7. The van der Waals surface area contributed by atoms with Crippen LogP contribution >= 0.6 is 0 Å². The molecule has 6 heteroatoms. The minimum absolute atomic E-state index is 0.108. The van der Waals surface area contributed by atoms with E-state index in [2.05, 4.69) is 10.6 Å². The number of anilines is 2. The summed E-state index contributed by atoms with van der Waals surface area (Å²) >= 11 is 0. The van der Waals surface area contributed by atoms with Crippen molar-refractivity contribution in [3.05, 3.63) is 70.4 Å². The molecule has 1 amide bonds. The standard InChI is InChI=1S/C24H27N3O3/c1-5-6-11-30-24(29)20-9-7-8-10-21(20)27-23(28)19(14-25)15-26-22-17(3)12-16(2)13-18(22)4/h7-10,12-13,15,26H,5-6,11H2,1-4H3,(H,27,28)/b19-15-. The molecular weight excluding hydrogens is 378 g/mol. The minimum atomic E-state index is -0.610. The van der Waals surface area contributed by atoms with Crippen LogP contribution in [-0.4, -0.2) is 18.5 Å². The smallest absolute Gasteiger partial charge is 0.340 e. The molecule has 0 aliphatic carbocycles. The van der Waals surface area contributed by atoms with Gasteiger partial charge < -0.3 is 15.4 Å². The quantitative estimate of drug-likeness (QED) is 0.278. The summed E-state index contributed by atoms with van der Waals surface area (Å²) < 4.78 is 5.24. The molecule has 0 radical (unpaired) electrons. The fourth-order valence-electron chi connectivity index (χ4n) is 3.05. The van der Waals surface area contributed by atoms with E-state index in [9.17, 15) is 14.9 Å². The van der Waals surface area contributed by atoms with E-state index in [1.807, 2.05) is 45.9 Å². The van der Waals surface area contributed by atoms with Crippen molar-refractivity contribution in [3.63, 3.8) is 0 Å². The molecule has 0 unspecified atom stereocenters. The highest BCUT2D eigenvalue weighted by Crippen LogP contribution is 2.22. The zero-order chi connectivity index (χ0) is 22.1. The fraction of sp³-hybridized carbons (Fsp3) is 0.292. The van der Waals surface area contributed by atoms with E-state index in [0.717, 1.165) is 35.2 Å². The number of benzene rings is 2. The maximum Gasteiger partial charge on any atom is 0.340 e. The maximum atomic E-state index is 12.6. The van der Waals surface area contributed by atoms with Crippen LogP contribution in [0.15, 0.2) is 48.2 Å². The van der Waals surface area contributed by atoms with Gasteiger partial charge in [-0.05, 0) is 50.5 Å². The third-order valence-electron chi connectivity index (χ3n) is 4.53. The van der Waals surface area contributed by atoms with Gasteiger partial charge in [-0.3, -0.25) is 4.79 Å². The first-order valence-corrected chi connectivity index (χ1v) is 9.89. The van der Waals surface area contributed by atoms with E-state index >= 15 is 0 Å². The third-order valence-corrected chi connectivity index (χ3v) is 4.53. The average molecular weight is 405 g/mol. The predicted octanol–water partition coefficient (Wildman–Crippen LogP) is 5.03. The van der Waals surface area contributed by atoms with Gasteiger partial charge in [-0.25, -0.2) is 4.79 Å². The van der Waals surface area contributed by atoms with Crippen LogP contribution in [0.25, 0.3) is 0 Å². The number of hydrogen-bond acceptors (Lipinski definition) is 5. The zero-order valence-corrected chi connectivity index (χ0v) is 17.8. The van der Waals surface area contributed by atoms with Gasteiger partial charge in [0.15, 0.2) is 0 Å². The summed E-state index contributed by atoms with van der Waals surface area (Å²) in [7, 11) is 0. The number of unbranched alkanes of at least 4 members (excludes halogenated alkanes) is 1. The molecule has 2 aromatic rings. The van der Waals surface area contributed by atoms with E-state index in [-0.39, 0.29) is 11.1 Å². The van der Waals surface area contributed by atoms with Crippen LogP contribution < -0.4 is 10.6 Å². The lowest BCUT2D eigenvalue weighted by Crippen LogP contribution is -2.18. The van der Waals surface area contributed by atoms with Gasteiger partial charge in [-0.15, -0.1) is 0 Å². The van der Waals surface area contributed by atoms with Crippen molar-refractivity contribution in [2.75, 3.05) is 17.2 Å². The number of aryl methyl sites for hydroxylation is 3. The molecule has 0 fully saturated rings. The summed E-state index contributed by atoms with van der Waals surface area (Å²) in [5.41, 5.74) is 4.46. The molecule has 0 heterocycles. The molecule has 6 nitrogen and oxygen atoms in total. The van der Waals surface area contributed by atoms with Crippen molar-refractivity contribution < 1.29 is 14.3 Å². The molecule has 0 atom stereocenters. The Labute approximate surface area is 177 Å². The van der Waals surface area contributed by atoms with Gasteiger partial charge in [0.05, 0.1) is 17.9 Å². The molecule has 2 aromatic carbocycles.